The first kappa shape index (κ1) is 19.3. The van der Waals surface area contributed by atoms with Crippen LogP contribution in [0.4, 0.5) is 0 Å². The third-order valence-corrected chi connectivity index (χ3v) is 4.57. The number of hydrogen-bond acceptors (Lipinski definition) is 2. The molecule has 2 rings (SSSR count). The van der Waals surface area contributed by atoms with Gasteiger partial charge < -0.3 is 9.47 Å². The quantitative estimate of drug-likeness (QED) is 0.245. The van der Waals surface area contributed by atoms with Gasteiger partial charge in [-0.25, -0.2) is 0 Å². The van der Waals surface area contributed by atoms with Gasteiger partial charge in [-0.1, -0.05) is 0 Å². The van der Waals surface area contributed by atoms with E-state index in [1.54, 1.807) is 0 Å². The number of rotatable bonds is 8. The van der Waals surface area contributed by atoms with E-state index in [-0.39, 0.29) is 11.7 Å². The molecule has 8 heteroatoms. The number of benzene rings is 2. The van der Waals surface area contributed by atoms with Gasteiger partial charge in [0.25, 0.3) is 11.7 Å². The molecule has 0 aliphatic carbocycles. The lowest BCUT2D eigenvalue weighted by Gasteiger charge is -2.11. The largest absolute Gasteiger partial charge is 0.492 e. The smallest absolute Gasteiger partial charge is 0.270 e. The fourth-order valence-corrected chi connectivity index (χ4v) is 3.00. The van der Waals surface area contributed by atoms with Crippen LogP contribution in [0.1, 0.15) is 17.5 Å². The van der Waals surface area contributed by atoms with Crippen molar-refractivity contribution in [1.82, 2.24) is 0 Å². The molecule has 2 aromatic carbocycles. The molecule has 0 atom stereocenters. The van der Waals surface area contributed by atoms with E-state index in [4.69, 9.17) is 31.8 Å². The zero-order valence-electron chi connectivity index (χ0n) is 13.5. The maximum atomic E-state index is 5.72. The van der Waals surface area contributed by atoms with E-state index in [9.17, 15) is 0 Å². The van der Waals surface area contributed by atoms with Crippen molar-refractivity contribution < 1.29 is 20.3 Å². The van der Waals surface area contributed by atoms with E-state index in [0.29, 0.717) is 13.2 Å². The normalized spacial score (nSPS) is 10.3. The van der Waals surface area contributed by atoms with E-state index in [2.05, 4.69) is 31.9 Å². The fourth-order valence-electron chi connectivity index (χ4n) is 2.02. The highest BCUT2D eigenvalue weighted by Gasteiger charge is 2.08. The first-order valence-electron chi connectivity index (χ1n) is 7.49. The van der Waals surface area contributed by atoms with Crippen LogP contribution in [0.3, 0.4) is 0 Å². The van der Waals surface area contributed by atoms with Gasteiger partial charge in [0, 0.05) is 6.42 Å². The summed E-state index contributed by atoms with van der Waals surface area (Å²) in [6, 6.07) is 10.9. The predicted molar refractivity (Wildman–Crippen MR) is 104 cm³/mol. The molecule has 0 aliphatic rings. The van der Waals surface area contributed by atoms with Gasteiger partial charge in [0.1, 0.15) is 11.5 Å². The molecular weight excluding hydrogens is 452 g/mol. The molecular formula is C17H20Br2N4O2+2. The minimum absolute atomic E-state index is 0.270. The average molecular weight is 472 g/mol. The van der Waals surface area contributed by atoms with Crippen molar-refractivity contribution in [1.29, 1.82) is 0 Å². The molecule has 25 heavy (non-hydrogen) atoms. The molecule has 132 valence electrons. The lowest BCUT2D eigenvalue weighted by molar-refractivity contribution is -0.115. The van der Waals surface area contributed by atoms with Gasteiger partial charge >= 0.3 is 0 Å². The molecule has 0 unspecified atom stereocenters. The van der Waals surface area contributed by atoms with Crippen molar-refractivity contribution >= 4 is 43.5 Å². The molecule has 0 bridgehead atoms. The monoisotopic (exact) mass is 470 g/mol. The molecule has 8 N–H and O–H groups in total. The molecule has 2 aromatic rings. The molecule has 0 aromatic heterocycles. The highest BCUT2D eigenvalue weighted by atomic mass is 79.9. The number of hydrogen-bond donors (Lipinski definition) is 4. The molecule has 6 nitrogen and oxygen atoms in total. The Hall–Kier alpha value is -2.06. The number of halogens is 2. The Kier molecular flexibility index (Phi) is 6.83. The van der Waals surface area contributed by atoms with Crippen LogP contribution in [0.5, 0.6) is 11.5 Å². The lowest BCUT2D eigenvalue weighted by Crippen LogP contribution is -2.46. The second-order valence-electron chi connectivity index (χ2n) is 5.25. The summed E-state index contributed by atoms with van der Waals surface area (Å²) in [7, 11) is 0. The SMILES string of the molecule is NC(=[NH2+])c1ccc(OCCCOc2ccc(C(N)=[NH2+])cc2Br)c(Br)c1. The minimum atomic E-state index is 0.270. The van der Waals surface area contributed by atoms with Crippen molar-refractivity contribution in [2.45, 2.75) is 6.42 Å². The Morgan fingerprint density at radius 2 is 1.20 bits per heavy atom. The van der Waals surface area contributed by atoms with Crippen molar-refractivity contribution in [3.63, 3.8) is 0 Å². The first-order valence-corrected chi connectivity index (χ1v) is 9.08. The summed E-state index contributed by atoms with van der Waals surface area (Å²) in [5.74, 6) is 1.99. The van der Waals surface area contributed by atoms with E-state index < -0.39 is 0 Å². The van der Waals surface area contributed by atoms with Crippen molar-refractivity contribution in [3.05, 3.63) is 56.5 Å². The molecule has 0 fully saturated rings. The predicted octanol–water partition coefficient (Wildman–Crippen LogP) is -0.0117. The van der Waals surface area contributed by atoms with Gasteiger partial charge in [0.05, 0.1) is 33.3 Å². The zero-order valence-corrected chi connectivity index (χ0v) is 16.6. The van der Waals surface area contributed by atoms with Gasteiger partial charge in [-0.15, -0.1) is 0 Å². The van der Waals surface area contributed by atoms with Gasteiger partial charge in [-0.3, -0.25) is 22.3 Å². The fraction of sp³-hybridized carbons (Fsp3) is 0.176. The molecule has 0 heterocycles. The second kappa shape index (κ2) is 8.87. The molecule has 0 spiro atoms. The van der Waals surface area contributed by atoms with Crippen LogP contribution in [-0.4, -0.2) is 24.9 Å². The zero-order chi connectivity index (χ0) is 18.4. The second-order valence-corrected chi connectivity index (χ2v) is 6.96. The van der Waals surface area contributed by atoms with Crippen LogP contribution in [0, 0.1) is 0 Å². The summed E-state index contributed by atoms with van der Waals surface area (Å²) in [5, 5.41) is 11.1. The number of amidine groups is 2. The van der Waals surface area contributed by atoms with Crippen LogP contribution in [0.25, 0.3) is 0 Å². The topological polar surface area (TPSA) is 122 Å². The summed E-state index contributed by atoms with van der Waals surface area (Å²) >= 11 is 6.88. The van der Waals surface area contributed by atoms with Gasteiger partial charge in [-0.05, 0) is 68.3 Å². The highest BCUT2D eigenvalue weighted by Crippen LogP contribution is 2.27. The minimum Gasteiger partial charge on any atom is -0.492 e. The Labute approximate surface area is 162 Å². The summed E-state index contributed by atoms with van der Waals surface area (Å²) in [6.45, 7) is 1.03. The molecule has 0 radical (unpaired) electrons. The standard InChI is InChI=1S/C17H18Br2N4O2/c18-12-8-10(16(20)21)2-4-14(12)24-6-1-7-25-15-5-3-11(17(22)23)9-13(15)19/h2-5,8-9H,1,6-7H2,(H3,20,21)(H3,22,23)/p+2. The Bertz CT molecular complexity index is 731. The van der Waals surface area contributed by atoms with E-state index in [1.165, 1.54) is 0 Å². The molecule has 0 amide bonds. The first-order chi connectivity index (χ1) is 11.9. The Morgan fingerprint density at radius 1 is 0.800 bits per heavy atom. The lowest BCUT2D eigenvalue weighted by atomic mass is 10.2. The van der Waals surface area contributed by atoms with E-state index >= 15 is 0 Å². The number of nitrogens with two attached hydrogens (primary N) is 4. The summed E-state index contributed by atoms with van der Waals surface area (Å²) in [6.07, 6.45) is 0.721. The van der Waals surface area contributed by atoms with E-state index in [1.807, 2.05) is 36.4 Å². The number of ether oxygens (including phenoxy) is 2. The summed E-state index contributed by atoms with van der Waals surface area (Å²) < 4.78 is 13.0. The van der Waals surface area contributed by atoms with Crippen LogP contribution in [0.2, 0.25) is 0 Å². The Balaban J connectivity index is 1.80. The van der Waals surface area contributed by atoms with Crippen LogP contribution < -0.4 is 31.8 Å². The molecule has 0 saturated carbocycles. The molecule has 0 aliphatic heterocycles. The van der Waals surface area contributed by atoms with Crippen LogP contribution >= 0.6 is 31.9 Å². The van der Waals surface area contributed by atoms with Crippen LogP contribution in [-0.2, 0) is 0 Å². The van der Waals surface area contributed by atoms with Crippen LogP contribution in [0.15, 0.2) is 45.3 Å². The third kappa shape index (κ3) is 5.47. The van der Waals surface area contributed by atoms with Gasteiger partial charge in [0.15, 0.2) is 0 Å². The van der Waals surface area contributed by atoms with Crippen molar-refractivity contribution in [2.24, 2.45) is 11.5 Å². The molecule has 0 saturated heterocycles. The highest BCUT2D eigenvalue weighted by molar-refractivity contribution is 9.10. The van der Waals surface area contributed by atoms with Crippen molar-refractivity contribution in [3.8, 4) is 11.5 Å². The summed E-state index contributed by atoms with van der Waals surface area (Å²) in [5.41, 5.74) is 12.6. The maximum absolute atomic E-state index is 5.72. The Morgan fingerprint density at radius 3 is 1.52 bits per heavy atom. The summed E-state index contributed by atoms with van der Waals surface area (Å²) in [4.78, 5) is 0. The van der Waals surface area contributed by atoms with E-state index in [0.717, 1.165) is 38.0 Å². The third-order valence-electron chi connectivity index (χ3n) is 3.33. The average Bonchev–Trinajstić information content (AvgIpc) is 2.56. The van der Waals surface area contributed by atoms with Crippen molar-refractivity contribution in [2.75, 3.05) is 13.2 Å². The van der Waals surface area contributed by atoms with Gasteiger partial charge in [-0.2, -0.15) is 0 Å². The van der Waals surface area contributed by atoms with Gasteiger partial charge in [0.2, 0.25) is 0 Å². The maximum Gasteiger partial charge on any atom is 0.270 e.